The summed E-state index contributed by atoms with van der Waals surface area (Å²) in [6.07, 6.45) is 2.93. The molecule has 2 rings (SSSR count). The van der Waals surface area contributed by atoms with E-state index in [4.69, 9.17) is 14.2 Å². The maximum absolute atomic E-state index is 5.87. The SMILES string of the molecule is CC(C)Oc1ccc(OC(C)C)c(OC2CC2)c1. The minimum absolute atomic E-state index is 0.142. The number of hydrogen-bond donors (Lipinski definition) is 0. The van der Waals surface area contributed by atoms with E-state index in [0.717, 1.165) is 30.1 Å². The van der Waals surface area contributed by atoms with E-state index in [0.29, 0.717) is 6.10 Å². The fourth-order valence-electron chi connectivity index (χ4n) is 1.64. The van der Waals surface area contributed by atoms with Gasteiger partial charge in [0.05, 0.1) is 18.3 Å². The molecule has 0 radical (unpaired) electrons. The Kier molecular flexibility index (Phi) is 4.00. The van der Waals surface area contributed by atoms with E-state index in [9.17, 15) is 0 Å². The van der Waals surface area contributed by atoms with Crippen LogP contribution in [-0.4, -0.2) is 18.3 Å². The Morgan fingerprint density at radius 2 is 1.61 bits per heavy atom. The standard InChI is InChI=1S/C15H22O3/c1-10(2)16-13-7-8-14(17-11(3)4)15(9-13)18-12-5-6-12/h7-12H,5-6H2,1-4H3. The van der Waals surface area contributed by atoms with Crippen LogP contribution in [0.1, 0.15) is 40.5 Å². The van der Waals surface area contributed by atoms with Crippen molar-refractivity contribution >= 4 is 0 Å². The molecule has 1 saturated carbocycles. The van der Waals surface area contributed by atoms with Gasteiger partial charge in [0, 0.05) is 6.07 Å². The van der Waals surface area contributed by atoms with Gasteiger partial charge in [0.1, 0.15) is 5.75 Å². The average molecular weight is 250 g/mol. The second-order valence-electron chi connectivity index (χ2n) is 5.26. The van der Waals surface area contributed by atoms with Gasteiger partial charge in [0.2, 0.25) is 0 Å². The van der Waals surface area contributed by atoms with Gasteiger partial charge in [0.15, 0.2) is 11.5 Å². The lowest BCUT2D eigenvalue weighted by molar-refractivity contribution is 0.212. The Hall–Kier alpha value is -1.38. The Morgan fingerprint density at radius 1 is 0.944 bits per heavy atom. The van der Waals surface area contributed by atoms with Crippen LogP contribution in [0, 0.1) is 0 Å². The van der Waals surface area contributed by atoms with E-state index in [1.54, 1.807) is 0 Å². The largest absolute Gasteiger partial charge is 0.491 e. The van der Waals surface area contributed by atoms with Crippen LogP contribution in [0.2, 0.25) is 0 Å². The van der Waals surface area contributed by atoms with Crippen molar-refractivity contribution in [1.29, 1.82) is 0 Å². The van der Waals surface area contributed by atoms with Crippen LogP contribution in [0.25, 0.3) is 0 Å². The molecule has 0 unspecified atom stereocenters. The van der Waals surface area contributed by atoms with E-state index in [-0.39, 0.29) is 12.2 Å². The third-order valence-corrected chi connectivity index (χ3v) is 2.47. The molecule has 1 aliphatic rings. The number of ether oxygens (including phenoxy) is 3. The van der Waals surface area contributed by atoms with Gasteiger partial charge in [-0.1, -0.05) is 0 Å². The average Bonchev–Trinajstić information content (AvgIpc) is 3.04. The summed E-state index contributed by atoms with van der Waals surface area (Å²) in [5, 5.41) is 0. The Labute approximate surface area is 109 Å². The van der Waals surface area contributed by atoms with Crippen molar-refractivity contribution in [2.45, 2.75) is 58.8 Å². The molecule has 1 aromatic carbocycles. The predicted octanol–water partition coefficient (Wildman–Crippen LogP) is 3.80. The van der Waals surface area contributed by atoms with Crippen molar-refractivity contribution < 1.29 is 14.2 Å². The van der Waals surface area contributed by atoms with E-state index in [1.807, 2.05) is 45.9 Å². The minimum Gasteiger partial charge on any atom is -0.491 e. The van der Waals surface area contributed by atoms with E-state index < -0.39 is 0 Å². The molecule has 1 fully saturated rings. The summed E-state index contributed by atoms with van der Waals surface area (Å²) < 4.78 is 17.3. The molecule has 3 nitrogen and oxygen atoms in total. The minimum atomic E-state index is 0.142. The summed E-state index contributed by atoms with van der Waals surface area (Å²) in [4.78, 5) is 0. The van der Waals surface area contributed by atoms with Crippen LogP contribution in [0.3, 0.4) is 0 Å². The Balaban J connectivity index is 2.16. The van der Waals surface area contributed by atoms with E-state index >= 15 is 0 Å². The predicted molar refractivity (Wildman–Crippen MR) is 71.6 cm³/mol. The molecule has 0 atom stereocenters. The highest BCUT2D eigenvalue weighted by Gasteiger charge is 2.25. The second-order valence-corrected chi connectivity index (χ2v) is 5.26. The molecule has 0 spiro atoms. The maximum Gasteiger partial charge on any atom is 0.165 e. The molecule has 0 bridgehead atoms. The van der Waals surface area contributed by atoms with Crippen molar-refractivity contribution in [3.8, 4) is 17.2 Å². The fraction of sp³-hybridized carbons (Fsp3) is 0.600. The topological polar surface area (TPSA) is 27.7 Å². The first-order valence-electron chi connectivity index (χ1n) is 6.68. The van der Waals surface area contributed by atoms with Crippen LogP contribution >= 0.6 is 0 Å². The molecule has 0 saturated heterocycles. The van der Waals surface area contributed by atoms with Gasteiger partial charge in [-0.05, 0) is 52.7 Å². The molecule has 0 aromatic heterocycles. The third kappa shape index (κ3) is 3.83. The summed E-state index contributed by atoms with van der Waals surface area (Å²) in [7, 11) is 0. The Morgan fingerprint density at radius 3 is 2.17 bits per heavy atom. The van der Waals surface area contributed by atoms with Crippen molar-refractivity contribution in [2.24, 2.45) is 0 Å². The van der Waals surface area contributed by atoms with Crippen LogP contribution in [0.5, 0.6) is 17.2 Å². The lowest BCUT2D eigenvalue weighted by Gasteiger charge is -2.17. The van der Waals surface area contributed by atoms with Crippen LogP contribution in [-0.2, 0) is 0 Å². The number of hydrogen-bond acceptors (Lipinski definition) is 3. The summed E-state index contributed by atoms with van der Waals surface area (Å²) in [5.41, 5.74) is 0. The van der Waals surface area contributed by atoms with Gasteiger partial charge >= 0.3 is 0 Å². The van der Waals surface area contributed by atoms with Gasteiger partial charge in [0.25, 0.3) is 0 Å². The van der Waals surface area contributed by atoms with Gasteiger partial charge in [-0.15, -0.1) is 0 Å². The van der Waals surface area contributed by atoms with Crippen molar-refractivity contribution in [3.05, 3.63) is 18.2 Å². The van der Waals surface area contributed by atoms with Gasteiger partial charge in [-0.25, -0.2) is 0 Å². The van der Waals surface area contributed by atoms with Crippen molar-refractivity contribution in [2.75, 3.05) is 0 Å². The summed E-state index contributed by atoms with van der Waals surface area (Å²) >= 11 is 0. The zero-order chi connectivity index (χ0) is 13.1. The zero-order valence-electron chi connectivity index (χ0n) is 11.6. The lowest BCUT2D eigenvalue weighted by Crippen LogP contribution is -2.09. The van der Waals surface area contributed by atoms with E-state index in [1.165, 1.54) is 0 Å². The first-order chi connectivity index (χ1) is 8.54. The molecular formula is C15H22O3. The summed E-state index contributed by atoms with van der Waals surface area (Å²) in [6.45, 7) is 8.05. The quantitative estimate of drug-likeness (QED) is 0.768. The maximum atomic E-state index is 5.87. The monoisotopic (exact) mass is 250 g/mol. The normalized spacial score (nSPS) is 15.0. The highest BCUT2D eigenvalue weighted by Crippen LogP contribution is 2.37. The van der Waals surface area contributed by atoms with E-state index in [2.05, 4.69) is 0 Å². The second kappa shape index (κ2) is 5.51. The van der Waals surface area contributed by atoms with Gasteiger partial charge in [-0.2, -0.15) is 0 Å². The van der Waals surface area contributed by atoms with Crippen molar-refractivity contribution in [1.82, 2.24) is 0 Å². The molecule has 1 aliphatic carbocycles. The molecular weight excluding hydrogens is 228 g/mol. The first kappa shape index (κ1) is 13.1. The van der Waals surface area contributed by atoms with Crippen LogP contribution < -0.4 is 14.2 Å². The molecule has 0 N–H and O–H groups in total. The number of rotatable bonds is 6. The van der Waals surface area contributed by atoms with Gasteiger partial charge in [-0.3, -0.25) is 0 Å². The Bertz CT molecular complexity index is 395. The van der Waals surface area contributed by atoms with Crippen LogP contribution in [0.4, 0.5) is 0 Å². The number of benzene rings is 1. The van der Waals surface area contributed by atoms with Crippen LogP contribution in [0.15, 0.2) is 18.2 Å². The highest BCUT2D eigenvalue weighted by molar-refractivity contribution is 5.46. The fourth-order valence-corrected chi connectivity index (χ4v) is 1.64. The molecule has 0 heterocycles. The van der Waals surface area contributed by atoms with Gasteiger partial charge < -0.3 is 14.2 Å². The molecule has 100 valence electrons. The third-order valence-electron chi connectivity index (χ3n) is 2.47. The zero-order valence-corrected chi connectivity index (χ0v) is 11.6. The molecule has 3 heteroatoms. The first-order valence-corrected chi connectivity index (χ1v) is 6.68. The molecule has 18 heavy (non-hydrogen) atoms. The smallest absolute Gasteiger partial charge is 0.165 e. The molecule has 0 aliphatic heterocycles. The molecule has 0 amide bonds. The lowest BCUT2D eigenvalue weighted by atomic mass is 10.3. The summed E-state index contributed by atoms with van der Waals surface area (Å²) in [6, 6.07) is 5.78. The highest BCUT2D eigenvalue weighted by atomic mass is 16.5. The van der Waals surface area contributed by atoms with Crippen molar-refractivity contribution in [3.63, 3.8) is 0 Å². The molecule has 1 aromatic rings. The summed E-state index contributed by atoms with van der Waals surface area (Å²) in [5.74, 6) is 2.43.